The molecule has 5 atom stereocenters. The number of carbonyl (C=O) groups excluding carboxylic acids is 1. The molecule has 0 aromatic carbocycles. The molecule has 7 nitrogen and oxygen atoms in total. The van der Waals surface area contributed by atoms with Gasteiger partial charge in [0.25, 0.3) is 0 Å². The monoisotopic (exact) mass is 288 g/mol. The van der Waals surface area contributed by atoms with Gasteiger partial charge in [0.1, 0.15) is 18.3 Å². The number of esters is 1. The highest BCUT2D eigenvalue weighted by Gasteiger charge is 2.58. The molecule has 0 amide bonds. The topological polar surface area (TPSA) is 83.5 Å². The lowest BCUT2D eigenvalue weighted by Gasteiger charge is -2.36. The number of ether oxygens (including phenoxy) is 5. The van der Waals surface area contributed by atoms with Crippen LogP contribution in [0.5, 0.6) is 0 Å². The molecule has 0 radical (unpaired) electrons. The Balaban J connectivity index is 1.82. The summed E-state index contributed by atoms with van der Waals surface area (Å²) in [6, 6.07) is 0. The van der Waals surface area contributed by atoms with Gasteiger partial charge in [-0.15, -0.1) is 0 Å². The van der Waals surface area contributed by atoms with E-state index in [4.69, 9.17) is 23.7 Å². The number of cyclic esters (lactones) is 1. The first-order chi connectivity index (χ1) is 9.19. The Morgan fingerprint density at radius 1 is 1.00 bits per heavy atom. The molecule has 0 spiro atoms. The summed E-state index contributed by atoms with van der Waals surface area (Å²) in [4.78, 5) is 11.8. The molecule has 0 unspecified atom stereocenters. The van der Waals surface area contributed by atoms with Crippen molar-refractivity contribution in [1.82, 2.24) is 0 Å². The van der Waals surface area contributed by atoms with Gasteiger partial charge in [-0.1, -0.05) is 0 Å². The van der Waals surface area contributed by atoms with E-state index in [-0.39, 0.29) is 0 Å². The van der Waals surface area contributed by atoms with Crippen LogP contribution in [0.3, 0.4) is 0 Å². The van der Waals surface area contributed by atoms with E-state index < -0.39 is 48.1 Å². The number of hydrogen-bond donors (Lipinski definition) is 1. The van der Waals surface area contributed by atoms with E-state index in [2.05, 4.69) is 0 Å². The Labute approximate surface area is 117 Å². The predicted molar refractivity (Wildman–Crippen MR) is 64.6 cm³/mol. The number of rotatable bonds is 1. The number of hydrogen-bond acceptors (Lipinski definition) is 7. The molecule has 0 saturated carbocycles. The molecule has 0 aromatic heterocycles. The predicted octanol–water partition coefficient (Wildman–Crippen LogP) is -0.0557. The van der Waals surface area contributed by atoms with Gasteiger partial charge in [-0.2, -0.15) is 0 Å². The molecule has 3 aliphatic rings. The van der Waals surface area contributed by atoms with Crippen molar-refractivity contribution in [3.8, 4) is 0 Å². The molecule has 3 fully saturated rings. The van der Waals surface area contributed by atoms with Crippen molar-refractivity contribution in [2.45, 2.75) is 69.8 Å². The molecule has 0 bridgehead atoms. The maximum Gasteiger partial charge on any atom is 0.338 e. The molecular weight excluding hydrogens is 268 g/mol. The van der Waals surface area contributed by atoms with E-state index in [1.165, 1.54) is 0 Å². The van der Waals surface area contributed by atoms with Crippen molar-refractivity contribution in [3.05, 3.63) is 0 Å². The number of aliphatic hydroxyl groups is 1. The van der Waals surface area contributed by atoms with Crippen LogP contribution in [0.2, 0.25) is 0 Å². The molecule has 0 aliphatic carbocycles. The van der Waals surface area contributed by atoms with Gasteiger partial charge in [0, 0.05) is 0 Å². The van der Waals surface area contributed by atoms with Crippen LogP contribution in [0.15, 0.2) is 0 Å². The molecular formula is C13H20O7. The summed E-state index contributed by atoms with van der Waals surface area (Å²) < 4.78 is 27.9. The van der Waals surface area contributed by atoms with E-state index in [1.807, 2.05) is 0 Å². The quantitative estimate of drug-likeness (QED) is 0.677. The Hall–Kier alpha value is -0.730. The summed E-state index contributed by atoms with van der Waals surface area (Å²) in [6.07, 6.45) is -3.75. The third-order valence-electron chi connectivity index (χ3n) is 3.69. The van der Waals surface area contributed by atoms with Gasteiger partial charge in [-0.3, -0.25) is 0 Å². The van der Waals surface area contributed by atoms with E-state index >= 15 is 0 Å². The van der Waals surface area contributed by atoms with Crippen molar-refractivity contribution in [3.63, 3.8) is 0 Å². The van der Waals surface area contributed by atoms with E-state index in [0.717, 1.165) is 0 Å². The average molecular weight is 288 g/mol. The highest BCUT2D eigenvalue weighted by molar-refractivity contribution is 5.76. The van der Waals surface area contributed by atoms with Crippen LogP contribution in [0, 0.1) is 0 Å². The largest absolute Gasteiger partial charge is 0.455 e. The zero-order chi connectivity index (χ0) is 14.7. The van der Waals surface area contributed by atoms with Crippen molar-refractivity contribution >= 4 is 5.97 Å². The Kier molecular flexibility index (Phi) is 3.11. The van der Waals surface area contributed by atoms with Gasteiger partial charge in [0.05, 0.1) is 6.61 Å². The Morgan fingerprint density at radius 3 is 2.25 bits per heavy atom. The molecule has 20 heavy (non-hydrogen) atoms. The van der Waals surface area contributed by atoms with Crippen molar-refractivity contribution in [2.24, 2.45) is 0 Å². The maximum atomic E-state index is 11.8. The first-order valence-electron chi connectivity index (χ1n) is 6.74. The van der Waals surface area contributed by atoms with E-state index in [0.29, 0.717) is 6.61 Å². The first kappa shape index (κ1) is 14.2. The van der Waals surface area contributed by atoms with Crippen molar-refractivity contribution in [2.75, 3.05) is 6.61 Å². The normalized spacial score (nSPS) is 46.0. The second-order valence-electron chi connectivity index (χ2n) is 6.28. The average Bonchev–Trinajstić information content (AvgIpc) is 2.83. The van der Waals surface area contributed by atoms with Gasteiger partial charge < -0.3 is 28.8 Å². The highest BCUT2D eigenvalue weighted by atomic mass is 16.8. The molecule has 7 heteroatoms. The Morgan fingerprint density at radius 2 is 1.65 bits per heavy atom. The minimum Gasteiger partial charge on any atom is -0.455 e. The molecule has 0 aromatic rings. The van der Waals surface area contributed by atoms with Crippen LogP contribution in [0.25, 0.3) is 0 Å². The maximum absolute atomic E-state index is 11.8. The van der Waals surface area contributed by atoms with Gasteiger partial charge in [-0.25, -0.2) is 4.79 Å². The van der Waals surface area contributed by atoms with Crippen LogP contribution in [0.4, 0.5) is 0 Å². The van der Waals surface area contributed by atoms with Crippen LogP contribution in [-0.4, -0.2) is 59.8 Å². The second kappa shape index (κ2) is 4.38. The standard InChI is InChI=1S/C13H20O7/c1-12(2)16-5-6(18-12)8-10-9(7(14)11(15)17-8)19-13(3,4)20-10/h6-10,14H,5H2,1-4H3/t6-,7+,8+,9+,10-/m1/s1. The second-order valence-corrected chi connectivity index (χ2v) is 6.28. The molecule has 114 valence electrons. The van der Waals surface area contributed by atoms with Crippen LogP contribution < -0.4 is 0 Å². The van der Waals surface area contributed by atoms with Crippen molar-refractivity contribution < 1.29 is 33.6 Å². The fraction of sp³-hybridized carbons (Fsp3) is 0.923. The highest BCUT2D eigenvalue weighted by Crippen LogP contribution is 2.39. The molecule has 3 rings (SSSR count). The molecule has 3 saturated heterocycles. The van der Waals surface area contributed by atoms with E-state index in [9.17, 15) is 9.90 Å². The number of carbonyl (C=O) groups is 1. The van der Waals surface area contributed by atoms with E-state index in [1.54, 1.807) is 27.7 Å². The zero-order valence-corrected chi connectivity index (χ0v) is 12.0. The summed E-state index contributed by atoms with van der Waals surface area (Å²) in [5.74, 6) is -2.32. The zero-order valence-electron chi connectivity index (χ0n) is 12.0. The van der Waals surface area contributed by atoms with Crippen LogP contribution >= 0.6 is 0 Å². The Bertz CT molecular complexity index is 419. The third-order valence-corrected chi connectivity index (χ3v) is 3.69. The fourth-order valence-electron chi connectivity index (χ4n) is 2.89. The molecule has 3 heterocycles. The third kappa shape index (κ3) is 2.33. The summed E-state index contributed by atoms with van der Waals surface area (Å²) in [6.45, 7) is 7.35. The molecule has 3 aliphatic heterocycles. The van der Waals surface area contributed by atoms with Crippen LogP contribution in [-0.2, 0) is 28.5 Å². The number of aliphatic hydroxyl groups excluding tert-OH is 1. The van der Waals surface area contributed by atoms with Gasteiger partial charge in [0.2, 0.25) is 0 Å². The summed E-state index contributed by atoms with van der Waals surface area (Å²) in [5, 5.41) is 9.89. The minimum absolute atomic E-state index is 0.300. The summed E-state index contributed by atoms with van der Waals surface area (Å²) in [7, 11) is 0. The molecule has 1 N–H and O–H groups in total. The smallest absolute Gasteiger partial charge is 0.338 e. The first-order valence-corrected chi connectivity index (χ1v) is 6.74. The van der Waals surface area contributed by atoms with Gasteiger partial charge in [0.15, 0.2) is 23.8 Å². The minimum atomic E-state index is -1.34. The summed E-state index contributed by atoms with van der Waals surface area (Å²) in [5.41, 5.74) is 0. The summed E-state index contributed by atoms with van der Waals surface area (Å²) >= 11 is 0. The van der Waals surface area contributed by atoms with Gasteiger partial charge in [-0.05, 0) is 27.7 Å². The SMILES string of the molecule is CC1(C)O[C@H]2[C@@H](O1)[C@H](O)C(=O)O[C@H]2[C@H]1COC(C)(C)O1. The van der Waals surface area contributed by atoms with Gasteiger partial charge >= 0.3 is 5.97 Å². The van der Waals surface area contributed by atoms with Crippen molar-refractivity contribution in [1.29, 1.82) is 0 Å². The number of fused-ring (bicyclic) bond motifs is 1. The van der Waals surface area contributed by atoms with Crippen LogP contribution in [0.1, 0.15) is 27.7 Å². The lowest BCUT2D eigenvalue weighted by atomic mass is 9.96. The fourth-order valence-corrected chi connectivity index (χ4v) is 2.89. The lowest BCUT2D eigenvalue weighted by molar-refractivity contribution is -0.208. The lowest BCUT2D eigenvalue weighted by Crippen LogP contribution is -2.58.